The fraction of sp³-hybridized carbons (Fsp3) is 0.529. The first-order chi connectivity index (χ1) is 10.6. The summed E-state index contributed by atoms with van der Waals surface area (Å²) in [4.78, 5) is 27.6. The fourth-order valence-corrected chi connectivity index (χ4v) is 3.06. The van der Waals surface area contributed by atoms with Gasteiger partial charge in [-0.3, -0.25) is 9.59 Å². The average Bonchev–Trinajstić information content (AvgIpc) is 2.46. The monoisotopic (exact) mass is 301 g/mol. The summed E-state index contributed by atoms with van der Waals surface area (Å²) in [6, 6.07) is 7.88. The Bertz CT molecular complexity index is 544. The fourth-order valence-electron chi connectivity index (χ4n) is 3.06. The molecule has 1 saturated heterocycles. The molecule has 2 fully saturated rings. The highest BCUT2D eigenvalue weighted by molar-refractivity contribution is 5.88. The van der Waals surface area contributed by atoms with E-state index < -0.39 is 0 Å². The largest absolute Gasteiger partial charge is 0.368 e. The Balaban J connectivity index is 1.54. The molecule has 2 aliphatic rings. The van der Waals surface area contributed by atoms with Crippen molar-refractivity contribution in [2.75, 3.05) is 36.4 Å². The van der Waals surface area contributed by atoms with Crippen LogP contribution in [0.3, 0.4) is 0 Å². The Labute approximate surface area is 131 Å². The highest BCUT2D eigenvalue weighted by atomic mass is 16.2. The van der Waals surface area contributed by atoms with Crippen LogP contribution < -0.4 is 10.2 Å². The van der Waals surface area contributed by atoms with Crippen LogP contribution in [0.15, 0.2) is 24.3 Å². The third kappa shape index (κ3) is 3.24. The summed E-state index contributed by atoms with van der Waals surface area (Å²) in [6.07, 6.45) is 3.35. The molecule has 5 heteroatoms. The first-order valence-corrected chi connectivity index (χ1v) is 8.05. The van der Waals surface area contributed by atoms with Gasteiger partial charge in [-0.1, -0.05) is 6.42 Å². The molecular formula is C17H23N3O2. The van der Waals surface area contributed by atoms with Crippen molar-refractivity contribution in [3.8, 4) is 0 Å². The molecular weight excluding hydrogens is 278 g/mol. The molecule has 1 aliphatic carbocycles. The van der Waals surface area contributed by atoms with Crippen LogP contribution in [0.1, 0.15) is 26.2 Å². The number of piperazine rings is 1. The number of carbonyl (C=O) groups is 2. The van der Waals surface area contributed by atoms with Gasteiger partial charge in [0, 0.05) is 50.4 Å². The molecule has 0 bridgehead atoms. The smallest absolute Gasteiger partial charge is 0.225 e. The van der Waals surface area contributed by atoms with Gasteiger partial charge in [0.1, 0.15) is 0 Å². The van der Waals surface area contributed by atoms with Gasteiger partial charge < -0.3 is 15.1 Å². The van der Waals surface area contributed by atoms with Crippen molar-refractivity contribution in [1.29, 1.82) is 0 Å². The SMILES string of the molecule is CC(=O)Nc1ccc(N2CCN(C(=O)C3CCC3)CC2)cc1. The Morgan fingerprint density at radius 2 is 1.68 bits per heavy atom. The first-order valence-electron chi connectivity index (χ1n) is 8.05. The highest BCUT2D eigenvalue weighted by Gasteiger charge is 2.31. The Hall–Kier alpha value is -2.04. The van der Waals surface area contributed by atoms with E-state index in [1.54, 1.807) is 0 Å². The van der Waals surface area contributed by atoms with E-state index in [4.69, 9.17) is 0 Å². The number of nitrogens with one attached hydrogen (secondary N) is 1. The minimum absolute atomic E-state index is 0.0594. The molecule has 2 amide bonds. The molecule has 1 N–H and O–H groups in total. The van der Waals surface area contributed by atoms with Gasteiger partial charge in [-0.15, -0.1) is 0 Å². The molecule has 1 aliphatic heterocycles. The lowest BCUT2D eigenvalue weighted by Gasteiger charge is -2.39. The summed E-state index contributed by atoms with van der Waals surface area (Å²) in [5.74, 6) is 0.589. The lowest BCUT2D eigenvalue weighted by atomic mass is 9.84. The number of benzene rings is 1. The van der Waals surface area contributed by atoms with E-state index in [1.807, 2.05) is 29.2 Å². The van der Waals surface area contributed by atoms with Crippen LogP contribution in [-0.4, -0.2) is 42.9 Å². The Kier molecular flexibility index (Phi) is 4.32. The van der Waals surface area contributed by atoms with Gasteiger partial charge in [0.2, 0.25) is 11.8 Å². The highest BCUT2D eigenvalue weighted by Crippen LogP contribution is 2.29. The molecule has 0 radical (unpaired) electrons. The second-order valence-electron chi connectivity index (χ2n) is 6.17. The van der Waals surface area contributed by atoms with Crippen molar-refractivity contribution in [2.45, 2.75) is 26.2 Å². The Morgan fingerprint density at radius 1 is 1.05 bits per heavy atom. The third-order valence-corrected chi connectivity index (χ3v) is 4.60. The van der Waals surface area contributed by atoms with E-state index in [9.17, 15) is 9.59 Å². The van der Waals surface area contributed by atoms with Crippen LogP contribution in [0, 0.1) is 5.92 Å². The van der Waals surface area contributed by atoms with Crippen molar-refractivity contribution >= 4 is 23.2 Å². The van der Waals surface area contributed by atoms with Crippen molar-refractivity contribution < 1.29 is 9.59 Å². The maximum Gasteiger partial charge on any atom is 0.225 e. The van der Waals surface area contributed by atoms with Crippen molar-refractivity contribution in [3.63, 3.8) is 0 Å². The van der Waals surface area contributed by atoms with Crippen LogP contribution in [0.2, 0.25) is 0 Å². The summed E-state index contributed by atoms with van der Waals surface area (Å²) in [5.41, 5.74) is 1.96. The second kappa shape index (κ2) is 6.38. The van der Waals surface area contributed by atoms with Crippen LogP contribution in [-0.2, 0) is 9.59 Å². The van der Waals surface area contributed by atoms with Crippen molar-refractivity contribution in [3.05, 3.63) is 24.3 Å². The summed E-state index contributed by atoms with van der Waals surface area (Å²) in [5, 5.41) is 2.77. The molecule has 118 valence electrons. The van der Waals surface area contributed by atoms with E-state index in [1.165, 1.54) is 13.3 Å². The molecule has 0 spiro atoms. The molecule has 0 aromatic heterocycles. The average molecular weight is 301 g/mol. The quantitative estimate of drug-likeness (QED) is 0.930. The van der Waals surface area contributed by atoms with Crippen LogP contribution in [0.25, 0.3) is 0 Å². The molecule has 1 heterocycles. The van der Waals surface area contributed by atoms with Crippen LogP contribution in [0.5, 0.6) is 0 Å². The number of carbonyl (C=O) groups excluding carboxylic acids is 2. The van der Waals surface area contributed by atoms with Gasteiger partial charge in [0.05, 0.1) is 0 Å². The maximum absolute atomic E-state index is 12.2. The number of anilines is 2. The lowest BCUT2D eigenvalue weighted by Crippen LogP contribution is -2.51. The topological polar surface area (TPSA) is 52.7 Å². The first kappa shape index (κ1) is 14.9. The zero-order valence-electron chi connectivity index (χ0n) is 13.0. The van der Waals surface area contributed by atoms with Crippen molar-refractivity contribution in [1.82, 2.24) is 4.90 Å². The summed E-state index contributed by atoms with van der Waals surface area (Å²) >= 11 is 0. The second-order valence-corrected chi connectivity index (χ2v) is 6.17. The summed E-state index contributed by atoms with van der Waals surface area (Å²) < 4.78 is 0. The van der Waals surface area contributed by atoms with Gasteiger partial charge in [-0.05, 0) is 37.1 Å². The summed E-state index contributed by atoms with van der Waals surface area (Å²) in [6.45, 7) is 4.87. The van der Waals surface area contributed by atoms with Crippen LogP contribution >= 0.6 is 0 Å². The predicted molar refractivity (Wildman–Crippen MR) is 86.9 cm³/mol. The summed E-state index contributed by atoms with van der Waals surface area (Å²) in [7, 11) is 0. The molecule has 1 aromatic rings. The van der Waals surface area contributed by atoms with E-state index >= 15 is 0 Å². The molecule has 3 rings (SSSR count). The molecule has 5 nitrogen and oxygen atoms in total. The molecule has 1 aromatic carbocycles. The van der Waals surface area contributed by atoms with Crippen LogP contribution in [0.4, 0.5) is 11.4 Å². The number of amides is 2. The number of hydrogen-bond donors (Lipinski definition) is 1. The number of rotatable bonds is 3. The van der Waals surface area contributed by atoms with E-state index in [0.717, 1.165) is 50.4 Å². The molecule has 22 heavy (non-hydrogen) atoms. The normalized spacial score (nSPS) is 18.8. The van der Waals surface area contributed by atoms with Gasteiger partial charge in [0.15, 0.2) is 0 Å². The predicted octanol–water partition coefficient (Wildman–Crippen LogP) is 2.09. The third-order valence-electron chi connectivity index (χ3n) is 4.60. The van der Waals surface area contributed by atoms with Crippen molar-refractivity contribution in [2.24, 2.45) is 5.92 Å². The lowest BCUT2D eigenvalue weighted by molar-refractivity contribution is -0.138. The van der Waals surface area contributed by atoms with Gasteiger partial charge in [-0.2, -0.15) is 0 Å². The minimum atomic E-state index is -0.0594. The number of hydrogen-bond acceptors (Lipinski definition) is 3. The molecule has 0 unspecified atom stereocenters. The van der Waals surface area contributed by atoms with E-state index in [-0.39, 0.29) is 5.91 Å². The molecule has 1 saturated carbocycles. The van der Waals surface area contributed by atoms with Gasteiger partial charge in [0.25, 0.3) is 0 Å². The van der Waals surface area contributed by atoms with Gasteiger partial charge in [-0.25, -0.2) is 0 Å². The standard InChI is InChI=1S/C17H23N3O2/c1-13(21)18-15-5-7-16(8-6-15)19-9-11-20(12-10-19)17(22)14-3-2-4-14/h5-8,14H,2-4,9-12H2,1H3,(H,18,21). The van der Waals surface area contributed by atoms with E-state index in [0.29, 0.717) is 11.8 Å². The zero-order chi connectivity index (χ0) is 15.5. The zero-order valence-corrected chi connectivity index (χ0v) is 13.0. The number of nitrogens with zero attached hydrogens (tertiary/aromatic N) is 2. The van der Waals surface area contributed by atoms with E-state index in [2.05, 4.69) is 10.2 Å². The Morgan fingerprint density at radius 3 is 2.18 bits per heavy atom. The maximum atomic E-state index is 12.2. The minimum Gasteiger partial charge on any atom is -0.368 e. The van der Waals surface area contributed by atoms with Gasteiger partial charge >= 0.3 is 0 Å². The molecule has 0 atom stereocenters.